The van der Waals surface area contributed by atoms with E-state index in [9.17, 15) is 18.9 Å². The molecule has 2 saturated heterocycles. The van der Waals surface area contributed by atoms with Gasteiger partial charge in [-0.2, -0.15) is 10.2 Å². The minimum atomic E-state index is -4.38. The van der Waals surface area contributed by atoms with Gasteiger partial charge in [-0.15, -0.1) is 0 Å². The van der Waals surface area contributed by atoms with Crippen molar-refractivity contribution in [2.24, 2.45) is 11.8 Å². The Labute approximate surface area is 301 Å². The number of para-hydroxylation sites is 1. The van der Waals surface area contributed by atoms with Crippen molar-refractivity contribution in [1.82, 2.24) is 24.6 Å². The van der Waals surface area contributed by atoms with Crippen LogP contribution < -0.4 is 15.3 Å². The zero-order valence-corrected chi connectivity index (χ0v) is 30.8. The van der Waals surface area contributed by atoms with Crippen molar-refractivity contribution < 1.29 is 51.7 Å². The summed E-state index contributed by atoms with van der Waals surface area (Å²) in [7, 11) is -4.38. The first-order valence-electron chi connectivity index (χ1n) is 17.2. The molecule has 3 aromatic rings. The van der Waals surface area contributed by atoms with E-state index in [4.69, 9.17) is 38.5 Å². The minimum Gasteiger partial charge on any atom is -0.463 e. The van der Waals surface area contributed by atoms with E-state index in [2.05, 4.69) is 20.1 Å². The number of ether oxygens (including phenoxy) is 5. The lowest BCUT2D eigenvalue weighted by Crippen LogP contribution is -2.42. The summed E-state index contributed by atoms with van der Waals surface area (Å²) in [5.41, 5.74) is 6.98. The molecule has 0 aliphatic carbocycles. The molecule has 3 N–H and O–H groups in total. The largest absolute Gasteiger partial charge is 0.463 e. The molecule has 17 nitrogen and oxygen atoms in total. The van der Waals surface area contributed by atoms with Crippen molar-refractivity contribution in [3.8, 4) is 5.75 Å². The number of aromatic nitrogens is 3. The van der Waals surface area contributed by atoms with Crippen LogP contribution in [0.15, 0.2) is 48.8 Å². The number of rotatable bonds is 16. The number of hydrogen-bond donors (Lipinski definition) is 2. The number of benzene rings is 1. The number of fused-ring (bicyclic) bond motifs is 1. The van der Waals surface area contributed by atoms with Gasteiger partial charge in [0.1, 0.15) is 42.5 Å². The fraction of sp³-hybridized carbons (Fsp3) is 0.559. The molecule has 0 amide bonds. The third-order valence-corrected chi connectivity index (χ3v) is 10.0. The highest BCUT2D eigenvalue weighted by atomic mass is 31.2. The van der Waals surface area contributed by atoms with Crippen LogP contribution in [0.1, 0.15) is 46.4 Å². The molecule has 2 aliphatic heterocycles. The second kappa shape index (κ2) is 17.6. The van der Waals surface area contributed by atoms with Crippen LogP contribution in [0.4, 0.5) is 5.82 Å². The lowest BCUT2D eigenvalue weighted by atomic mass is 10.0. The van der Waals surface area contributed by atoms with Crippen LogP contribution in [0.2, 0.25) is 0 Å². The van der Waals surface area contributed by atoms with Gasteiger partial charge >= 0.3 is 25.7 Å². The molecule has 52 heavy (non-hydrogen) atoms. The third-order valence-electron chi connectivity index (χ3n) is 8.40. The number of nitrogens with two attached hydrogens (primary N) is 1. The predicted octanol–water partition coefficient (Wildman–Crippen LogP) is 2.94. The summed E-state index contributed by atoms with van der Waals surface area (Å²) in [5.74, 6) is -2.51. The van der Waals surface area contributed by atoms with E-state index in [0.29, 0.717) is 31.0 Å². The Kier molecular flexibility index (Phi) is 13.2. The molecule has 5 rings (SSSR count). The number of esters is 3. The molecular weight excluding hydrogens is 699 g/mol. The summed E-state index contributed by atoms with van der Waals surface area (Å²) in [4.78, 5) is 45.3. The van der Waals surface area contributed by atoms with Gasteiger partial charge in [-0.05, 0) is 31.2 Å². The van der Waals surface area contributed by atoms with Crippen molar-refractivity contribution in [1.29, 1.82) is 0 Å². The first-order chi connectivity index (χ1) is 24.8. The normalized spacial score (nSPS) is 22.6. The number of nitrogen functional groups attached to an aromatic ring is 1. The number of morpholine rings is 1. The van der Waals surface area contributed by atoms with Gasteiger partial charge in [0.15, 0.2) is 18.0 Å². The summed E-state index contributed by atoms with van der Waals surface area (Å²) in [6, 6.07) is 10.5. The fourth-order valence-corrected chi connectivity index (χ4v) is 7.00. The summed E-state index contributed by atoms with van der Waals surface area (Å²) in [5, 5.41) is 6.98. The molecule has 2 aliphatic rings. The van der Waals surface area contributed by atoms with Gasteiger partial charge in [0, 0.05) is 19.6 Å². The van der Waals surface area contributed by atoms with E-state index in [1.54, 1.807) is 70.2 Å². The molecule has 1 aromatic carbocycles. The van der Waals surface area contributed by atoms with Gasteiger partial charge in [-0.3, -0.25) is 23.8 Å². The number of nitrogens with zero attached hydrogens (tertiary/aromatic N) is 4. The molecule has 2 aromatic heterocycles. The lowest BCUT2D eigenvalue weighted by Gasteiger charge is -2.27. The van der Waals surface area contributed by atoms with Gasteiger partial charge in [-0.25, -0.2) is 14.1 Å². The molecule has 0 saturated carbocycles. The number of nitrogens with one attached hydrogen (secondary N) is 1. The Morgan fingerprint density at radius 1 is 0.962 bits per heavy atom. The van der Waals surface area contributed by atoms with E-state index in [1.807, 2.05) is 0 Å². The first kappa shape index (κ1) is 39.1. The quantitative estimate of drug-likeness (QED) is 0.123. The smallest absolute Gasteiger partial charge is 0.459 e. The monoisotopic (exact) mass is 746 g/mol. The number of hydrogen-bond acceptors (Lipinski definition) is 15. The van der Waals surface area contributed by atoms with E-state index in [0.717, 1.165) is 13.1 Å². The van der Waals surface area contributed by atoms with Crippen LogP contribution in [0.3, 0.4) is 0 Å². The SMILES string of the molecule is CC(C)C(=O)O[C@@H]1[C@H](OC(=O)C(C)C)[C@@H](COP(=O)(N[C@@H](C)C(=O)OCCN2CCOCC2)Oc2ccccc2)O[C@H]1c1ccc2c(N)ncnn12. The molecule has 284 valence electrons. The Morgan fingerprint density at radius 2 is 1.63 bits per heavy atom. The van der Waals surface area contributed by atoms with Crippen molar-refractivity contribution in [3.05, 3.63) is 54.5 Å². The standard InChI is InChI=1S/C34H47N6O11P/c1-21(2)32(41)49-29-27(48-28(30(29)50-33(42)22(3)4)25-11-12-26-31(35)36-20-37-40(25)26)19-47-52(44,51-24-9-7-6-8-10-24)38-23(5)34(43)46-18-15-39-13-16-45-17-14-39/h6-12,20-23,27-30H,13-19H2,1-5H3,(H,38,44)(H2,35,36,37)/t23-,27+,28-,29+,30-,52?/m0/s1. The Morgan fingerprint density at radius 3 is 2.31 bits per heavy atom. The van der Waals surface area contributed by atoms with Crippen LogP contribution >= 0.6 is 7.75 Å². The summed E-state index contributed by atoms with van der Waals surface area (Å²) in [6.45, 7) is 11.0. The molecule has 1 unspecified atom stereocenters. The van der Waals surface area contributed by atoms with Gasteiger partial charge in [0.25, 0.3) is 0 Å². The number of carbonyl (C=O) groups is 3. The highest BCUT2D eigenvalue weighted by Gasteiger charge is 2.52. The van der Waals surface area contributed by atoms with Crippen molar-refractivity contribution in [2.75, 3.05) is 51.8 Å². The maximum absolute atomic E-state index is 14.4. The average Bonchev–Trinajstić information content (AvgIpc) is 3.69. The van der Waals surface area contributed by atoms with Crippen LogP contribution in [0.5, 0.6) is 5.75 Å². The highest BCUT2D eigenvalue weighted by Crippen LogP contribution is 2.47. The van der Waals surface area contributed by atoms with Crippen molar-refractivity contribution in [2.45, 2.75) is 65.1 Å². The molecular formula is C34H47N6O11P. The first-order valence-corrected chi connectivity index (χ1v) is 18.8. The topological polar surface area (TPSA) is 204 Å². The second-order valence-electron chi connectivity index (χ2n) is 13.1. The van der Waals surface area contributed by atoms with Crippen LogP contribution in [-0.2, 0) is 47.2 Å². The number of anilines is 1. The second-order valence-corrected chi connectivity index (χ2v) is 14.8. The molecule has 0 radical (unpaired) electrons. The summed E-state index contributed by atoms with van der Waals surface area (Å²) < 4.78 is 56.8. The van der Waals surface area contributed by atoms with Gasteiger partial charge in [0.05, 0.1) is 37.4 Å². The molecule has 4 heterocycles. The zero-order chi connectivity index (χ0) is 37.4. The Bertz CT molecular complexity index is 1720. The van der Waals surface area contributed by atoms with Crippen LogP contribution in [-0.4, -0.2) is 108 Å². The van der Waals surface area contributed by atoms with Gasteiger partial charge in [0.2, 0.25) is 0 Å². The summed E-state index contributed by atoms with van der Waals surface area (Å²) >= 11 is 0. The number of carbonyl (C=O) groups excluding carboxylic acids is 3. The fourth-order valence-electron chi connectivity index (χ4n) is 5.50. The zero-order valence-electron chi connectivity index (χ0n) is 29.9. The van der Waals surface area contributed by atoms with Crippen molar-refractivity contribution in [3.63, 3.8) is 0 Å². The van der Waals surface area contributed by atoms with Crippen LogP contribution in [0.25, 0.3) is 5.52 Å². The average molecular weight is 747 g/mol. The van der Waals surface area contributed by atoms with E-state index >= 15 is 0 Å². The third kappa shape index (κ3) is 9.85. The molecule has 0 bridgehead atoms. The molecule has 2 fully saturated rings. The van der Waals surface area contributed by atoms with E-state index in [1.165, 1.54) is 17.8 Å². The molecule has 18 heteroatoms. The highest BCUT2D eigenvalue weighted by molar-refractivity contribution is 7.52. The predicted molar refractivity (Wildman–Crippen MR) is 186 cm³/mol. The van der Waals surface area contributed by atoms with Crippen LogP contribution in [0, 0.1) is 11.8 Å². The van der Waals surface area contributed by atoms with Gasteiger partial charge in [-0.1, -0.05) is 45.9 Å². The Hall–Kier alpha value is -4.12. The van der Waals surface area contributed by atoms with E-state index in [-0.39, 0.29) is 18.2 Å². The Balaban J connectivity index is 1.40. The van der Waals surface area contributed by atoms with Gasteiger partial charge < -0.3 is 33.9 Å². The minimum absolute atomic E-state index is 0.122. The molecule has 6 atom stereocenters. The lowest BCUT2D eigenvalue weighted by molar-refractivity contribution is -0.171. The molecule has 0 spiro atoms. The van der Waals surface area contributed by atoms with E-state index < -0.39 is 74.6 Å². The summed E-state index contributed by atoms with van der Waals surface area (Å²) in [6.07, 6.45) is -3.32. The maximum atomic E-state index is 14.4. The van der Waals surface area contributed by atoms with Crippen molar-refractivity contribution >= 4 is 37.0 Å². The maximum Gasteiger partial charge on any atom is 0.459 e.